The molecule has 0 bridgehead atoms. The Morgan fingerprint density at radius 1 is 1.25 bits per heavy atom. The molecule has 0 saturated heterocycles. The van der Waals surface area contributed by atoms with Crippen molar-refractivity contribution in [3.63, 3.8) is 0 Å². The van der Waals surface area contributed by atoms with Crippen molar-refractivity contribution in [2.24, 2.45) is 0 Å². The standard InChI is InChI=1S/C14H17N3O3/c1-8(2)15-7-10-6-13(20)17-14(16-10)9-3-4-11(18)12(19)5-9/h3-6,8,15,18-19H,7H2,1-2H3,(H,16,17,20). The van der Waals surface area contributed by atoms with Crippen LogP contribution in [0.1, 0.15) is 19.5 Å². The van der Waals surface area contributed by atoms with E-state index < -0.39 is 0 Å². The van der Waals surface area contributed by atoms with Crippen LogP contribution in [0.15, 0.2) is 29.1 Å². The van der Waals surface area contributed by atoms with Crippen LogP contribution >= 0.6 is 0 Å². The summed E-state index contributed by atoms with van der Waals surface area (Å²) in [7, 11) is 0. The fraction of sp³-hybridized carbons (Fsp3) is 0.286. The number of rotatable bonds is 4. The van der Waals surface area contributed by atoms with Gasteiger partial charge < -0.3 is 20.5 Å². The Morgan fingerprint density at radius 3 is 2.65 bits per heavy atom. The molecule has 2 aromatic rings. The van der Waals surface area contributed by atoms with E-state index in [-0.39, 0.29) is 23.1 Å². The number of nitrogens with one attached hydrogen (secondary N) is 2. The highest BCUT2D eigenvalue weighted by atomic mass is 16.3. The molecule has 0 unspecified atom stereocenters. The second kappa shape index (κ2) is 5.75. The van der Waals surface area contributed by atoms with Crippen molar-refractivity contribution < 1.29 is 10.2 Å². The Kier molecular flexibility index (Phi) is 4.05. The molecule has 0 amide bonds. The van der Waals surface area contributed by atoms with Gasteiger partial charge in [0.05, 0.1) is 5.69 Å². The van der Waals surface area contributed by atoms with Crippen LogP contribution in [-0.4, -0.2) is 26.2 Å². The lowest BCUT2D eigenvalue weighted by Gasteiger charge is -2.09. The van der Waals surface area contributed by atoms with E-state index in [1.165, 1.54) is 18.2 Å². The number of nitrogens with zero attached hydrogens (tertiary/aromatic N) is 1. The van der Waals surface area contributed by atoms with Crippen LogP contribution in [0.3, 0.4) is 0 Å². The minimum Gasteiger partial charge on any atom is -0.504 e. The van der Waals surface area contributed by atoms with E-state index in [4.69, 9.17) is 0 Å². The molecular weight excluding hydrogens is 258 g/mol. The van der Waals surface area contributed by atoms with Crippen molar-refractivity contribution >= 4 is 0 Å². The van der Waals surface area contributed by atoms with Gasteiger partial charge in [-0.2, -0.15) is 0 Å². The van der Waals surface area contributed by atoms with Crippen LogP contribution in [0.5, 0.6) is 11.5 Å². The highest BCUT2D eigenvalue weighted by molar-refractivity contribution is 5.60. The summed E-state index contributed by atoms with van der Waals surface area (Å²) in [6.07, 6.45) is 0. The predicted octanol–water partition coefficient (Wildman–Crippen LogP) is 1.35. The zero-order valence-electron chi connectivity index (χ0n) is 11.3. The zero-order valence-corrected chi connectivity index (χ0v) is 11.3. The van der Waals surface area contributed by atoms with Gasteiger partial charge in [-0.1, -0.05) is 13.8 Å². The van der Waals surface area contributed by atoms with Gasteiger partial charge in [-0.15, -0.1) is 0 Å². The van der Waals surface area contributed by atoms with Gasteiger partial charge in [-0.3, -0.25) is 4.79 Å². The Labute approximate surface area is 116 Å². The normalized spacial score (nSPS) is 10.9. The van der Waals surface area contributed by atoms with Gasteiger partial charge in [-0.05, 0) is 18.2 Å². The van der Waals surface area contributed by atoms with Gasteiger partial charge >= 0.3 is 0 Å². The van der Waals surface area contributed by atoms with E-state index in [0.717, 1.165) is 0 Å². The molecule has 1 heterocycles. The number of aromatic amines is 1. The Hall–Kier alpha value is -2.34. The fourth-order valence-electron chi connectivity index (χ4n) is 1.71. The average Bonchev–Trinajstić information content (AvgIpc) is 2.39. The van der Waals surface area contributed by atoms with Gasteiger partial charge in [0.15, 0.2) is 11.5 Å². The summed E-state index contributed by atoms with van der Waals surface area (Å²) in [5.41, 5.74) is 0.886. The summed E-state index contributed by atoms with van der Waals surface area (Å²) >= 11 is 0. The lowest BCUT2D eigenvalue weighted by atomic mass is 10.2. The van der Waals surface area contributed by atoms with Crippen LogP contribution < -0.4 is 10.9 Å². The summed E-state index contributed by atoms with van der Waals surface area (Å²) < 4.78 is 0. The summed E-state index contributed by atoms with van der Waals surface area (Å²) in [5, 5.41) is 22.0. The fourth-order valence-corrected chi connectivity index (χ4v) is 1.71. The third kappa shape index (κ3) is 3.36. The van der Waals surface area contributed by atoms with Crippen LogP contribution in [0.2, 0.25) is 0 Å². The molecular formula is C14H17N3O3. The first-order chi connectivity index (χ1) is 9.45. The molecule has 0 radical (unpaired) electrons. The van der Waals surface area contributed by atoms with Crippen LogP contribution in [-0.2, 0) is 6.54 Å². The minimum absolute atomic E-state index is 0.214. The van der Waals surface area contributed by atoms with E-state index in [2.05, 4.69) is 15.3 Å². The summed E-state index contributed by atoms with van der Waals surface area (Å²) in [4.78, 5) is 18.6. The second-order valence-electron chi connectivity index (χ2n) is 4.82. The quantitative estimate of drug-likeness (QED) is 0.631. The van der Waals surface area contributed by atoms with Crippen molar-refractivity contribution in [2.45, 2.75) is 26.4 Å². The van der Waals surface area contributed by atoms with Crippen molar-refractivity contribution in [3.05, 3.63) is 40.3 Å². The SMILES string of the molecule is CC(C)NCc1cc(=O)[nH]c(-c2ccc(O)c(O)c2)n1. The van der Waals surface area contributed by atoms with E-state index in [0.29, 0.717) is 23.6 Å². The summed E-state index contributed by atoms with van der Waals surface area (Å²) in [6, 6.07) is 6.00. The van der Waals surface area contributed by atoms with Crippen molar-refractivity contribution in [3.8, 4) is 22.9 Å². The predicted molar refractivity (Wildman–Crippen MR) is 75.6 cm³/mol. The molecule has 0 aliphatic heterocycles. The molecule has 0 atom stereocenters. The zero-order chi connectivity index (χ0) is 14.7. The van der Waals surface area contributed by atoms with E-state index in [9.17, 15) is 15.0 Å². The molecule has 20 heavy (non-hydrogen) atoms. The first-order valence-electron chi connectivity index (χ1n) is 6.31. The van der Waals surface area contributed by atoms with E-state index in [1.807, 2.05) is 13.8 Å². The highest BCUT2D eigenvalue weighted by Crippen LogP contribution is 2.28. The number of hydrogen-bond acceptors (Lipinski definition) is 5. The highest BCUT2D eigenvalue weighted by Gasteiger charge is 2.07. The van der Waals surface area contributed by atoms with Gasteiger partial charge in [0, 0.05) is 24.2 Å². The minimum atomic E-state index is -0.261. The lowest BCUT2D eigenvalue weighted by Crippen LogP contribution is -2.24. The summed E-state index contributed by atoms with van der Waals surface area (Å²) in [5.74, 6) is -0.113. The average molecular weight is 275 g/mol. The number of phenols is 2. The molecule has 0 aliphatic rings. The van der Waals surface area contributed by atoms with Gasteiger partial charge in [0.2, 0.25) is 0 Å². The monoisotopic (exact) mass is 275 g/mol. The van der Waals surface area contributed by atoms with Crippen molar-refractivity contribution in [1.82, 2.24) is 15.3 Å². The number of aromatic hydroxyl groups is 2. The molecule has 2 rings (SSSR count). The molecule has 0 aliphatic carbocycles. The van der Waals surface area contributed by atoms with Crippen LogP contribution in [0.4, 0.5) is 0 Å². The topological polar surface area (TPSA) is 98.2 Å². The van der Waals surface area contributed by atoms with Crippen LogP contribution in [0.25, 0.3) is 11.4 Å². The molecule has 1 aromatic carbocycles. The molecule has 6 nitrogen and oxygen atoms in total. The molecule has 0 saturated carbocycles. The molecule has 0 spiro atoms. The maximum absolute atomic E-state index is 11.6. The van der Waals surface area contributed by atoms with Crippen molar-refractivity contribution in [2.75, 3.05) is 0 Å². The van der Waals surface area contributed by atoms with Crippen molar-refractivity contribution in [1.29, 1.82) is 0 Å². The number of phenolic OH excluding ortho intramolecular Hbond substituents is 2. The van der Waals surface area contributed by atoms with Crippen LogP contribution in [0, 0.1) is 0 Å². The van der Waals surface area contributed by atoms with E-state index >= 15 is 0 Å². The lowest BCUT2D eigenvalue weighted by molar-refractivity contribution is 0.404. The van der Waals surface area contributed by atoms with Gasteiger partial charge in [0.25, 0.3) is 5.56 Å². The largest absolute Gasteiger partial charge is 0.504 e. The number of benzene rings is 1. The number of H-pyrrole nitrogens is 1. The maximum Gasteiger partial charge on any atom is 0.251 e. The maximum atomic E-state index is 11.6. The molecule has 6 heteroatoms. The van der Waals surface area contributed by atoms with Gasteiger partial charge in [0.1, 0.15) is 5.82 Å². The summed E-state index contributed by atoms with van der Waals surface area (Å²) in [6.45, 7) is 4.50. The molecule has 4 N–H and O–H groups in total. The Morgan fingerprint density at radius 2 is 2.00 bits per heavy atom. The second-order valence-corrected chi connectivity index (χ2v) is 4.82. The Balaban J connectivity index is 2.36. The third-order valence-corrected chi connectivity index (χ3v) is 2.73. The Bertz CT molecular complexity index is 665. The first-order valence-corrected chi connectivity index (χ1v) is 6.31. The first kappa shape index (κ1) is 14.1. The third-order valence-electron chi connectivity index (χ3n) is 2.73. The molecule has 1 aromatic heterocycles. The van der Waals surface area contributed by atoms with E-state index in [1.54, 1.807) is 6.07 Å². The smallest absolute Gasteiger partial charge is 0.251 e. The number of aromatic nitrogens is 2. The van der Waals surface area contributed by atoms with Gasteiger partial charge in [-0.25, -0.2) is 4.98 Å². The molecule has 0 fully saturated rings. The number of hydrogen-bond donors (Lipinski definition) is 4. The molecule has 106 valence electrons.